The van der Waals surface area contributed by atoms with Crippen molar-refractivity contribution in [3.8, 4) is 0 Å². The average molecular weight is 311 g/mol. The van der Waals surface area contributed by atoms with Gasteiger partial charge in [-0.3, -0.25) is 14.8 Å². The fourth-order valence-electron chi connectivity index (χ4n) is 1.77. The van der Waals surface area contributed by atoms with Crippen LogP contribution in [0.4, 0.5) is 11.4 Å². The van der Waals surface area contributed by atoms with Crippen molar-refractivity contribution in [2.45, 2.75) is 11.4 Å². The molecule has 2 aromatic rings. The Kier molecular flexibility index (Phi) is 3.91. The molecule has 0 saturated heterocycles. The Morgan fingerprint density at radius 2 is 2.14 bits per heavy atom. The van der Waals surface area contributed by atoms with Crippen LogP contribution in [0.1, 0.15) is 5.69 Å². The predicted octanol–water partition coefficient (Wildman–Crippen LogP) is 0.389. The number of nitrogen functional groups attached to an aromatic ring is 1. The molecule has 1 aromatic carbocycles. The highest BCUT2D eigenvalue weighted by Gasteiger charge is 2.27. The number of nitro benzene ring substituents is 1. The number of sulfonamides is 1. The molecular weight excluding hydrogens is 298 g/mol. The monoisotopic (exact) mass is 311 g/mol. The Morgan fingerprint density at radius 1 is 1.43 bits per heavy atom. The van der Waals surface area contributed by atoms with Gasteiger partial charge in [0.15, 0.2) is 4.90 Å². The molecule has 1 aromatic heterocycles. The number of aryl methyl sites for hydroxylation is 1. The fraction of sp³-hybridized carbons (Fsp3) is 0.182. The number of nitrogens with zero attached hydrogens (tertiary/aromatic N) is 3. The van der Waals surface area contributed by atoms with Crippen molar-refractivity contribution in [1.82, 2.24) is 14.5 Å². The maximum atomic E-state index is 12.2. The summed E-state index contributed by atoms with van der Waals surface area (Å²) in [6.07, 6.45) is 1.52. The van der Waals surface area contributed by atoms with Crippen LogP contribution in [0.2, 0.25) is 0 Å². The van der Waals surface area contributed by atoms with E-state index in [1.165, 1.54) is 23.0 Å². The minimum atomic E-state index is -4.06. The van der Waals surface area contributed by atoms with Crippen LogP contribution < -0.4 is 10.5 Å². The van der Waals surface area contributed by atoms with Crippen LogP contribution in [0.3, 0.4) is 0 Å². The number of nitrogens with one attached hydrogen (secondary N) is 1. The van der Waals surface area contributed by atoms with E-state index >= 15 is 0 Å². The highest BCUT2D eigenvalue weighted by molar-refractivity contribution is 7.89. The first kappa shape index (κ1) is 14.9. The highest BCUT2D eigenvalue weighted by atomic mass is 32.2. The van der Waals surface area contributed by atoms with Gasteiger partial charge in [0, 0.05) is 13.2 Å². The molecule has 1 heterocycles. The van der Waals surface area contributed by atoms with Gasteiger partial charge in [-0.1, -0.05) is 6.07 Å². The Balaban J connectivity index is 2.34. The molecule has 2 rings (SSSR count). The Labute approximate surface area is 120 Å². The number of anilines is 1. The van der Waals surface area contributed by atoms with E-state index < -0.39 is 25.5 Å². The van der Waals surface area contributed by atoms with Crippen LogP contribution >= 0.6 is 0 Å². The van der Waals surface area contributed by atoms with E-state index in [0.717, 1.165) is 6.07 Å². The van der Waals surface area contributed by atoms with E-state index in [1.54, 1.807) is 13.1 Å². The van der Waals surface area contributed by atoms with Crippen LogP contribution in [-0.4, -0.2) is 23.1 Å². The lowest BCUT2D eigenvalue weighted by Gasteiger charge is -2.08. The molecule has 0 radical (unpaired) electrons. The van der Waals surface area contributed by atoms with Gasteiger partial charge >= 0.3 is 5.69 Å². The van der Waals surface area contributed by atoms with Gasteiger partial charge < -0.3 is 5.73 Å². The Hall–Kier alpha value is -2.46. The van der Waals surface area contributed by atoms with Crippen molar-refractivity contribution in [3.63, 3.8) is 0 Å². The largest absolute Gasteiger partial charge is 0.393 e. The molecule has 0 unspecified atom stereocenters. The number of aromatic nitrogens is 2. The smallest absolute Gasteiger partial charge is 0.312 e. The summed E-state index contributed by atoms with van der Waals surface area (Å²) in [7, 11) is -2.40. The summed E-state index contributed by atoms with van der Waals surface area (Å²) in [6, 6.07) is 5.40. The van der Waals surface area contributed by atoms with Gasteiger partial charge in [-0.05, 0) is 18.2 Å². The molecular formula is C11H13N5O4S. The van der Waals surface area contributed by atoms with Crippen LogP contribution in [0.25, 0.3) is 0 Å². The van der Waals surface area contributed by atoms with Crippen LogP contribution in [-0.2, 0) is 23.6 Å². The summed E-state index contributed by atoms with van der Waals surface area (Å²) in [5, 5.41) is 14.9. The summed E-state index contributed by atoms with van der Waals surface area (Å²) >= 11 is 0. The van der Waals surface area contributed by atoms with E-state index in [-0.39, 0.29) is 12.2 Å². The second-order valence-corrected chi connectivity index (χ2v) is 5.96. The summed E-state index contributed by atoms with van der Waals surface area (Å²) < 4.78 is 28.2. The standard InChI is InChI=1S/C11H13N5O4S/c1-15-8(5-6-13-15)7-14-21(19,20)10-4-2-3-9(12)11(10)16(17)18/h2-6,14H,7,12H2,1H3. The quantitative estimate of drug-likeness (QED) is 0.466. The second-order valence-electron chi connectivity index (χ2n) is 4.22. The first-order valence-corrected chi connectivity index (χ1v) is 7.30. The Morgan fingerprint density at radius 3 is 2.71 bits per heavy atom. The molecule has 0 fully saturated rings. The molecule has 0 amide bonds. The van der Waals surface area contributed by atoms with Gasteiger partial charge in [0.25, 0.3) is 0 Å². The number of para-hydroxylation sites is 1. The SMILES string of the molecule is Cn1nccc1CNS(=O)(=O)c1cccc(N)c1[N+](=O)[O-]. The number of hydrogen-bond donors (Lipinski definition) is 2. The molecule has 0 aliphatic heterocycles. The zero-order valence-corrected chi connectivity index (χ0v) is 11.9. The number of nitro groups is 1. The van der Waals surface area contributed by atoms with Crippen molar-refractivity contribution >= 4 is 21.4 Å². The van der Waals surface area contributed by atoms with Crippen LogP contribution in [0.15, 0.2) is 35.4 Å². The van der Waals surface area contributed by atoms with Crippen molar-refractivity contribution in [2.75, 3.05) is 5.73 Å². The minimum Gasteiger partial charge on any atom is -0.393 e. The average Bonchev–Trinajstić information content (AvgIpc) is 2.81. The third-order valence-corrected chi connectivity index (χ3v) is 4.30. The molecule has 21 heavy (non-hydrogen) atoms. The number of hydrogen-bond acceptors (Lipinski definition) is 6. The fourth-order valence-corrected chi connectivity index (χ4v) is 2.97. The van der Waals surface area contributed by atoms with Crippen molar-refractivity contribution in [3.05, 3.63) is 46.3 Å². The maximum absolute atomic E-state index is 12.2. The zero-order chi connectivity index (χ0) is 15.6. The lowest BCUT2D eigenvalue weighted by atomic mass is 10.3. The van der Waals surface area contributed by atoms with Crippen molar-refractivity contribution < 1.29 is 13.3 Å². The molecule has 0 atom stereocenters. The van der Waals surface area contributed by atoms with Crippen molar-refractivity contribution in [1.29, 1.82) is 0 Å². The molecule has 0 aliphatic carbocycles. The van der Waals surface area contributed by atoms with E-state index in [2.05, 4.69) is 9.82 Å². The highest BCUT2D eigenvalue weighted by Crippen LogP contribution is 2.29. The van der Waals surface area contributed by atoms with E-state index in [0.29, 0.717) is 5.69 Å². The third-order valence-electron chi connectivity index (χ3n) is 2.87. The molecule has 10 heteroatoms. The molecule has 9 nitrogen and oxygen atoms in total. The second kappa shape index (κ2) is 5.50. The van der Waals surface area contributed by atoms with Gasteiger partial charge in [-0.2, -0.15) is 5.10 Å². The van der Waals surface area contributed by atoms with Crippen LogP contribution in [0.5, 0.6) is 0 Å². The molecule has 3 N–H and O–H groups in total. The van der Waals surface area contributed by atoms with E-state index in [9.17, 15) is 18.5 Å². The maximum Gasteiger partial charge on any atom is 0.312 e. The van der Waals surface area contributed by atoms with Gasteiger partial charge in [-0.25, -0.2) is 13.1 Å². The van der Waals surface area contributed by atoms with Crippen molar-refractivity contribution in [2.24, 2.45) is 7.05 Å². The summed E-state index contributed by atoms with van der Waals surface area (Å²) in [4.78, 5) is 9.72. The number of benzene rings is 1. The summed E-state index contributed by atoms with van der Waals surface area (Å²) in [5.41, 5.74) is 5.27. The number of rotatable bonds is 5. The van der Waals surface area contributed by atoms with Gasteiger partial charge in [0.05, 0.1) is 17.2 Å². The van der Waals surface area contributed by atoms with Crippen LogP contribution in [0, 0.1) is 10.1 Å². The van der Waals surface area contributed by atoms with Gasteiger partial charge in [0.1, 0.15) is 5.69 Å². The predicted molar refractivity (Wildman–Crippen MR) is 74.7 cm³/mol. The summed E-state index contributed by atoms with van der Waals surface area (Å²) in [6.45, 7) is -0.0369. The molecule has 112 valence electrons. The first-order chi connectivity index (χ1) is 9.83. The first-order valence-electron chi connectivity index (χ1n) is 5.82. The number of nitrogens with two attached hydrogens (primary N) is 1. The zero-order valence-electron chi connectivity index (χ0n) is 11.1. The molecule has 0 saturated carbocycles. The normalized spacial score (nSPS) is 11.5. The van der Waals surface area contributed by atoms with E-state index in [1.807, 2.05) is 0 Å². The van der Waals surface area contributed by atoms with Gasteiger partial charge in [-0.15, -0.1) is 0 Å². The lowest BCUT2D eigenvalue weighted by Crippen LogP contribution is -2.25. The van der Waals surface area contributed by atoms with E-state index in [4.69, 9.17) is 5.73 Å². The Bertz CT molecular complexity index is 784. The lowest BCUT2D eigenvalue weighted by molar-refractivity contribution is -0.386. The topological polar surface area (TPSA) is 133 Å². The molecule has 0 bridgehead atoms. The third kappa shape index (κ3) is 3.01. The minimum absolute atomic E-state index is 0.0369. The summed E-state index contributed by atoms with van der Waals surface area (Å²) in [5.74, 6) is 0. The molecule has 0 spiro atoms. The van der Waals surface area contributed by atoms with Gasteiger partial charge in [0.2, 0.25) is 10.0 Å². The molecule has 0 aliphatic rings.